The number of imidazole rings is 1. The Kier molecular flexibility index (Phi) is 3.43. The number of epoxide rings is 1. The summed E-state index contributed by atoms with van der Waals surface area (Å²) in [7, 11) is 0. The number of aromatic nitrogens is 2. The van der Waals surface area contributed by atoms with Crippen LogP contribution in [0.15, 0.2) is 67.3 Å². The summed E-state index contributed by atoms with van der Waals surface area (Å²) in [6.07, 6.45) is 5.29. The summed E-state index contributed by atoms with van der Waals surface area (Å²) in [4.78, 5) is 4.09. The minimum Gasteiger partial charge on any atom is -0.354 e. The fraction of sp³-hybridized carbons (Fsp3) is 0.167. The van der Waals surface area contributed by atoms with Crippen molar-refractivity contribution < 1.29 is 9.13 Å². The van der Waals surface area contributed by atoms with Gasteiger partial charge in [0.25, 0.3) is 0 Å². The highest BCUT2D eigenvalue weighted by atomic mass is 35.5. The smallest absolute Gasteiger partial charge is 0.142 e. The first-order valence-corrected chi connectivity index (χ1v) is 7.70. The van der Waals surface area contributed by atoms with Crippen LogP contribution in [0.2, 0.25) is 5.02 Å². The Hall–Kier alpha value is -2.17. The van der Waals surface area contributed by atoms with Gasteiger partial charge < -0.3 is 9.30 Å². The molecule has 1 saturated heterocycles. The minimum atomic E-state index is -0.483. The number of halogens is 2. The fourth-order valence-electron chi connectivity index (χ4n) is 2.97. The molecule has 3 aromatic rings. The molecule has 1 aliphatic heterocycles. The van der Waals surface area contributed by atoms with Crippen LogP contribution in [0, 0.1) is 5.82 Å². The second-order valence-corrected chi connectivity index (χ2v) is 6.12. The normalized spacial score (nSPS) is 23.0. The lowest BCUT2D eigenvalue weighted by Crippen LogP contribution is -2.18. The first-order valence-electron chi connectivity index (χ1n) is 7.32. The Morgan fingerprint density at radius 3 is 2.52 bits per heavy atom. The second kappa shape index (κ2) is 5.48. The van der Waals surface area contributed by atoms with Gasteiger partial charge in [-0.15, -0.1) is 0 Å². The van der Waals surface area contributed by atoms with Gasteiger partial charge >= 0.3 is 0 Å². The van der Waals surface area contributed by atoms with Crippen LogP contribution >= 0.6 is 11.6 Å². The van der Waals surface area contributed by atoms with Gasteiger partial charge in [-0.2, -0.15) is 0 Å². The third-order valence-electron chi connectivity index (χ3n) is 4.18. The van der Waals surface area contributed by atoms with E-state index in [9.17, 15) is 4.39 Å². The summed E-state index contributed by atoms with van der Waals surface area (Å²) in [5, 5.41) is 0.686. The van der Waals surface area contributed by atoms with E-state index in [1.807, 2.05) is 35.0 Å². The molecule has 23 heavy (non-hydrogen) atoms. The zero-order valence-corrected chi connectivity index (χ0v) is 12.9. The average molecular weight is 329 g/mol. The summed E-state index contributed by atoms with van der Waals surface area (Å²) in [5.74, 6) is -0.249. The molecule has 0 spiro atoms. The van der Waals surface area contributed by atoms with Crippen LogP contribution in [0.4, 0.5) is 4.39 Å². The Morgan fingerprint density at radius 1 is 1.13 bits per heavy atom. The molecule has 2 aromatic carbocycles. The van der Waals surface area contributed by atoms with Gasteiger partial charge in [0.2, 0.25) is 0 Å². The van der Waals surface area contributed by atoms with E-state index in [4.69, 9.17) is 16.3 Å². The molecule has 0 N–H and O–H groups in total. The topological polar surface area (TPSA) is 30.4 Å². The molecule has 0 aliphatic carbocycles. The monoisotopic (exact) mass is 328 g/mol. The molecule has 1 aliphatic rings. The lowest BCUT2D eigenvalue weighted by molar-refractivity contribution is 0.270. The van der Waals surface area contributed by atoms with Gasteiger partial charge in [-0.1, -0.05) is 35.9 Å². The first kappa shape index (κ1) is 14.4. The van der Waals surface area contributed by atoms with E-state index in [2.05, 4.69) is 4.98 Å². The highest BCUT2D eigenvalue weighted by Gasteiger charge is 2.58. The highest BCUT2D eigenvalue weighted by Crippen LogP contribution is 2.58. The Balaban J connectivity index is 1.71. The van der Waals surface area contributed by atoms with Crippen molar-refractivity contribution in [3.8, 4) is 0 Å². The molecule has 0 radical (unpaired) electrons. The van der Waals surface area contributed by atoms with Gasteiger partial charge in [0, 0.05) is 17.4 Å². The van der Waals surface area contributed by atoms with Crippen molar-refractivity contribution in [2.45, 2.75) is 18.2 Å². The molecule has 0 amide bonds. The Labute approximate surface area is 138 Å². The van der Waals surface area contributed by atoms with Crippen LogP contribution in [0.1, 0.15) is 17.2 Å². The van der Waals surface area contributed by atoms with E-state index >= 15 is 0 Å². The van der Waals surface area contributed by atoms with E-state index < -0.39 is 5.60 Å². The summed E-state index contributed by atoms with van der Waals surface area (Å²) in [6, 6.07) is 14.1. The van der Waals surface area contributed by atoms with Crippen LogP contribution in [0.5, 0.6) is 0 Å². The number of hydrogen-bond donors (Lipinski definition) is 0. The van der Waals surface area contributed by atoms with Crippen molar-refractivity contribution in [3.05, 3.63) is 89.2 Å². The van der Waals surface area contributed by atoms with Gasteiger partial charge in [-0.25, -0.2) is 9.37 Å². The van der Waals surface area contributed by atoms with Gasteiger partial charge in [0.1, 0.15) is 17.5 Å². The van der Waals surface area contributed by atoms with Crippen LogP contribution in [0.25, 0.3) is 0 Å². The molecule has 2 atom stereocenters. The van der Waals surface area contributed by atoms with E-state index in [1.54, 1.807) is 24.7 Å². The molecule has 5 heteroatoms. The number of hydrogen-bond acceptors (Lipinski definition) is 2. The average Bonchev–Trinajstić information content (AvgIpc) is 3.04. The summed E-state index contributed by atoms with van der Waals surface area (Å²) in [6.45, 7) is 0.636. The molecule has 1 fully saturated rings. The standard InChI is InChI=1S/C18H14ClFN2O/c19-15-5-3-14(4-6-15)18(11-22-10-9-21-12-22)17(23-18)13-1-7-16(20)8-2-13/h1-10,12,17H,11H2. The predicted molar refractivity (Wildman–Crippen MR) is 85.6 cm³/mol. The maximum absolute atomic E-state index is 13.2. The van der Waals surface area contributed by atoms with Crippen molar-refractivity contribution in [2.24, 2.45) is 0 Å². The molecule has 2 heterocycles. The van der Waals surface area contributed by atoms with Crippen molar-refractivity contribution >= 4 is 11.6 Å². The molecule has 0 saturated carbocycles. The molecular weight excluding hydrogens is 315 g/mol. The second-order valence-electron chi connectivity index (χ2n) is 5.68. The van der Waals surface area contributed by atoms with Crippen molar-refractivity contribution in [1.29, 1.82) is 0 Å². The molecular formula is C18H14ClFN2O. The maximum atomic E-state index is 13.2. The van der Waals surface area contributed by atoms with Crippen LogP contribution in [-0.2, 0) is 16.9 Å². The largest absolute Gasteiger partial charge is 0.354 e. The maximum Gasteiger partial charge on any atom is 0.142 e. The predicted octanol–water partition coefficient (Wildman–Crippen LogP) is 4.34. The van der Waals surface area contributed by atoms with Crippen LogP contribution in [-0.4, -0.2) is 9.55 Å². The van der Waals surface area contributed by atoms with Crippen molar-refractivity contribution in [2.75, 3.05) is 0 Å². The summed E-state index contributed by atoms with van der Waals surface area (Å²) < 4.78 is 21.3. The molecule has 116 valence electrons. The molecule has 1 aromatic heterocycles. The third kappa shape index (κ3) is 2.64. The van der Waals surface area contributed by atoms with Crippen molar-refractivity contribution in [3.63, 3.8) is 0 Å². The van der Waals surface area contributed by atoms with E-state index in [1.165, 1.54) is 12.1 Å². The highest BCUT2D eigenvalue weighted by molar-refractivity contribution is 6.30. The first-order chi connectivity index (χ1) is 11.2. The molecule has 3 nitrogen and oxygen atoms in total. The molecule has 0 bridgehead atoms. The molecule has 4 rings (SSSR count). The quantitative estimate of drug-likeness (QED) is 0.667. The lowest BCUT2D eigenvalue weighted by atomic mass is 9.91. The van der Waals surface area contributed by atoms with Crippen LogP contribution < -0.4 is 0 Å². The number of rotatable bonds is 4. The zero-order chi connectivity index (χ0) is 15.9. The van der Waals surface area contributed by atoms with Gasteiger partial charge in [-0.3, -0.25) is 0 Å². The summed E-state index contributed by atoms with van der Waals surface area (Å²) >= 11 is 6.00. The van der Waals surface area contributed by atoms with Gasteiger partial charge in [0.05, 0.1) is 12.9 Å². The number of benzene rings is 2. The van der Waals surface area contributed by atoms with E-state index in [0.717, 1.165) is 11.1 Å². The number of nitrogens with zero attached hydrogens (tertiary/aromatic N) is 2. The Bertz CT molecular complexity index is 802. The van der Waals surface area contributed by atoms with Gasteiger partial charge in [0.15, 0.2) is 0 Å². The lowest BCUT2D eigenvalue weighted by Gasteiger charge is -2.15. The Morgan fingerprint density at radius 2 is 1.87 bits per heavy atom. The van der Waals surface area contributed by atoms with Crippen molar-refractivity contribution in [1.82, 2.24) is 9.55 Å². The SMILES string of the molecule is Fc1ccc(C2OC2(Cn2ccnc2)c2ccc(Cl)cc2)cc1. The zero-order valence-electron chi connectivity index (χ0n) is 12.2. The van der Waals surface area contributed by atoms with E-state index in [-0.39, 0.29) is 11.9 Å². The molecule has 2 unspecified atom stereocenters. The van der Waals surface area contributed by atoms with Gasteiger partial charge in [-0.05, 0) is 35.4 Å². The van der Waals surface area contributed by atoms with Crippen LogP contribution in [0.3, 0.4) is 0 Å². The number of ether oxygens (including phenoxy) is 1. The van der Waals surface area contributed by atoms with E-state index in [0.29, 0.717) is 11.6 Å². The summed E-state index contributed by atoms with van der Waals surface area (Å²) in [5.41, 5.74) is 1.52. The third-order valence-corrected chi connectivity index (χ3v) is 4.43. The fourth-order valence-corrected chi connectivity index (χ4v) is 3.09. The minimum absolute atomic E-state index is 0.119.